The molecule has 156 valence electrons. The number of hydrogen-bond donors (Lipinski definition) is 3. The van der Waals surface area contributed by atoms with Crippen molar-refractivity contribution in [3.05, 3.63) is 54.3 Å². The summed E-state index contributed by atoms with van der Waals surface area (Å²) in [4.78, 5) is 15.3. The van der Waals surface area contributed by atoms with Crippen LogP contribution in [-0.2, 0) is 4.79 Å². The van der Waals surface area contributed by atoms with Gasteiger partial charge in [-0.1, -0.05) is 0 Å². The lowest BCUT2D eigenvalue weighted by molar-refractivity contribution is -1.02. The summed E-state index contributed by atoms with van der Waals surface area (Å²) < 4.78 is 24.0. The molecule has 2 aromatic carbocycles. The van der Waals surface area contributed by atoms with Crippen LogP contribution in [0.1, 0.15) is 6.92 Å². The molecule has 1 aliphatic rings. The number of quaternary nitrogens is 2. The van der Waals surface area contributed by atoms with Crippen LogP contribution in [0.25, 0.3) is 0 Å². The van der Waals surface area contributed by atoms with Crippen molar-refractivity contribution in [1.82, 2.24) is 0 Å². The Labute approximate surface area is 171 Å². The number of halogens is 1. The third-order valence-corrected chi connectivity index (χ3v) is 5.50. The number of amides is 1. The predicted octanol–water partition coefficient (Wildman–Crippen LogP) is 0.0237. The fraction of sp³-hybridized carbons (Fsp3) is 0.409. The fourth-order valence-electron chi connectivity index (χ4n) is 3.56. The number of carbonyl (C=O) groups excluding carboxylic acids is 1. The zero-order chi connectivity index (χ0) is 20.6. The number of rotatable bonds is 8. The van der Waals surface area contributed by atoms with Crippen LogP contribution in [0, 0.1) is 5.82 Å². The van der Waals surface area contributed by atoms with Gasteiger partial charge < -0.3 is 24.6 Å². The first kappa shape index (κ1) is 21.1. The lowest BCUT2D eigenvalue weighted by Crippen LogP contribution is -3.30. The number of anilines is 1. The molecule has 0 aromatic heterocycles. The Hall–Kier alpha value is -2.64. The Morgan fingerprint density at radius 3 is 2.28 bits per heavy atom. The molecule has 0 saturated carbocycles. The van der Waals surface area contributed by atoms with Crippen LogP contribution in [0.2, 0.25) is 0 Å². The zero-order valence-electron chi connectivity index (χ0n) is 17.0. The molecule has 1 saturated heterocycles. The molecule has 29 heavy (non-hydrogen) atoms. The van der Waals surface area contributed by atoms with Crippen molar-refractivity contribution in [3.63, 3.8) is 0 Å². The highest BCUT2D eigenvalue weighted by molar-refractivity contribution is 5.93. The van der Waals surface area contributed by atoms with E-state index in [4.69, 9.17) is 9.47 Å². The number of carbonyl (C=O) groups is 1. The maximum Gasteiger partial charge on any atom is 0.282 e. The summed E-state index contributed by atoms with van der Waals surface area (Å²) >= 11 is 0. The van der Waals surface area contributed by atoms with E-state index in [9.17, 15) is 9.18 Å². The lowest BCUT2D eigenvalue weighted by Gasteiger charge is -2.32. The minimum absolute atomic E-state index is 0.0297. The Morgan fingerprint density at radius 2 is 1.66 bits per heavy atom. The molecule has 0 spiro atoms. The fourth-order valence-corrected chi connectivity index (χ4v) is 3.56. The second-order valence-electron chi connectivity index (χ2n) is 7.40. The average molecular weight is 403 g/mol. The van der Waals surface area contributed by atoms with Gasteiger partial charge in [-0.05, 0) is 55.5 Å². The quantitative estimate of drug-likeness (QED) is 0.583. The van der Waals surface area contributed by atoms with Crippen LogP contribution in [0.5, 0.6) is 11.5 Å². The number of hydrogen-bond acceptors (Lipinski definition) is 3. The van der Waals surface area contributed by atoms with Crippen LogP contribution in [0.15, 0.2) is 48.5 Å². The van der Waals surface area contributed by atoms with Gasteiger partial charge in [-0.15, -0.1) is 0 Å². The van der Waals surface area contributed by atoms with Crippen LogP contribution >= 0.6 is 0 Å². The number of piperazine rings is 1. The molecule has 1 heterocycles. The van der Waals surface area contributed by atoms with E-state index >= 15 is 0 Å². The van der Waals surface area contributed by atoms with E-state index in [-0.39, 0.29) is 17.8 Å². The van der Waals surface area contributed by atoms with E-state index in [1.807, 2.05) is 31.2 Å². The molecule has 6 nitrogen and oxygen atoms in total. The van der Waals surface area contributed by atoms with Crippen LogP contribution in [-0.4, -0.2) is 58.4 Å². The van der Waals surface area contributed by atoms with E-state index in [0.717, 1.165) is 44.2 Å². The van der Waals surface area contributed by atoms with Crippen molar-refractivity contribution in [2.24, 2.45) is 0 Å². The van der Waals surface area contributed by atoms with Gasteiger partial charge in [-0.3, -0.25) is 4.79 Å². The van der Waals surface area contributed by atoms with Crippen molar-refractivity contribution < 1.29 is 28.5 Å². The second kappa shape index (κ2) is 10.2. The standard InChI is InChI=1S/C22H28FN3O3/c1-17(22(27)24-19-5-3-18(23)4-6-19)26-13-11-25(12-14-26)15-16-29-21-9-7-20(28-2)8-10-21/h3-10,17H,11-16H2,1-2H3,(H,24,27)/p+2/t17-/m0/s1. The molecule has 3 rings (SSSR count). The molecule has 7 heteroatoms. The first-order valence-corrected chi connectivity index (χ1v) is 10.1. The van der Waals surface area contributed by atoms with Gasteiger partial charge in [-0.2, -0.15) is 0 Å². The molecule has 0 unspecified atom stereocenters. The van der Waals surface area contributed by atoms with Crippen LogP contribution < -0.4 is 24.6 Å². The molecule has 1 atom stereocenters. The Morgan fingerprint density at radius 1 is 1.03 bits per heavy atom. The second-order valence-corrected chi connectivity index (χ2v) is 7.40. The van der Waals surface area contributed by atoms with Crippen molar-refractivity contribution in [1.29, 1.82) is 0 Å². The number of methoxy groups -OCH3 is 1. The highest BCUT2D eigenvalue weighted by Crippen LogP contribution is 2.16. The predicted molar refractivity (Wildman–Crippen MR) is 109 cm³/mol. The minimum Gasteiger partial charge on any atom is -0.497 e. The average Bonchev–Trinajstić information content (AvgIpc) is 2.76. The zero-order valence-corrected chi connectivity index (χ0v) is 17.0. The highest BCUT2D eigenvalue weighted by atomic mass is 19.1. The molecular formula is C22H30FN3O3+2. The Bertz CT molecular complexity index is 775. The monoisotopic (exact) mass is 403 g/mol. The smallest absolute Gasteiger partial charge is 0.282 e. The summed E-state index contributed by atoms with van der Waals surface area (Å²) in [6.07, 6.45) is 0. The topological polar surface area (TPSA) is 56.4 Å². The molecule has 0 radical (unpaired) electrons. The van der Waals surface area contributed by atoms with Gasteiger partial charge in [-0.25, -0.2) is 4.39 Å². The maximum absolute atomic E-state index is 13.0. The van der Waals surface area contributed by atoms with E-state index < -0.39 is 0 Å². The summed E-state index contributed by atoms with van der Waals surface area (Å²) in [6, 6.07) is 13.3. The SMILES string of the molecule is COc1ccc(OCC[NH+]2CC[NH+]([C@@H](C)C(=O)Nc3ccc(F)cc3)CC2)cc1. The van der Waals surface area contributed by atoms with Crippen molar-refractivity contribution >= 4 is 11.6 Å². The molecule has 2 aromatic rings. The maximum atomic E-state index is 13.0. The van der Waals surface area contributed by atoms with Crippen LogP contribution in [0.3, 0.4) is 0 Å². The van der Waals surface area contributed by atoms with Crippen molar-refractivity contribution in [2.75, 3.05) is 51.8 Å². The molecule has 0 aliphatic carbocycles. The first-order chi connectivity index (χ1) is 14.0. The summed E-state index contributed by atoms with van der Waals surface area (Å²) in [6.45, 7) is 7.45. The summed E-state index contributed by atoms with van der Waals surface area (Å²) in [5, 5.41) is 2.88. The summed E-state index contributed by atoms with van der Waals surface area (Å²) in [5.74, 6) is 1.33. The molecule has 3 N–H and O–H groups in total. The minimum atomic E-state index is -0.309. The summed E-state index contributed by atoms with van der Waals surface area (Å²) in [7, 11) is 1.65. The first-order valence-electron chi connectivity index (χ1n) is 10.1. The van der Waals surface area contributed by atoms with Gasteiger partial charge in [0, 0.05) is 5.69 Å². The van der Waals surface area contributed by atoms with E-state index in [1.165, 1.54) is 21.9 Å². The molecule has 1 fully saturated rings. The van der Waals surface area contributed by atoms with Crippen molar-refractivity contribution in [2.45, 2.75) is 13.0 Å². The van der Waals surface area contributed by atoms with Crippen LogP contribution in [0.4, 0.5) is 10.1 Å². The van der Waals surface area contributed by atoms with Gasteiger partial charge in [0.25, 0.3) is 5.91 Å². The molecule has 1 aliphatic heterocycles. The Kier molecular flexibility index (Phi) is 7.43. The van der Waals surface area contributed by atoms with Gasteiger partial charge in [0.1, 0.15) is 56.6 Å². The third-order valence-electron chi connectivity index (χ3n) is 5.50. The van der Waals surface area contributed by atoms with Gasteiger partial charge in [0.05, 0.1) is 7.11 Å². The Balaban J connectivity index is 1.37. The highest BCUT2D eigenvalue weighted by Gasteiger charge is 2.30. The summed E-state index contributed by atoms with van der Waals surface area (Å²) in [5.41, 5.74) is 0.627. The molecule has 1 amide bonds. The van der Waals surface area contributed by atoms with E-state index in [1.54, 1.807) is 19.2 Å². The van der Waals surface area contributed by atoms with Gasteiger partial charge in [0.15, 0.2) is 6.04 Å². The lowest BCUT2D eigenvalue weighted by atomic mass is 10.2. The van der Waals surface area contributed by atoms with Gasteiger partial charge >= 0.3 is 0 Å². The third kappa shape index (κ3) is 6.17. The molecule has 0 bridgehead atoms. The molecular weight excluding hydrogens is 373 g/mol. The number of nitrogens with one attached hydrogen (secondary N) is 3. The van der Waals surface area contributed by atoms with E-state index in [2.05, 4.69) is 5.32 Å². The largest absolute Gasteiger partial charge is 0.497 e. The van der Waals surface area contributed by atoms with Crippen molar-refractivity contribution in [3.8, 4) is 11.5 Å². The normalized spacial score (nSPS) is 20.0. The van der Waals surface area contributed by atoms with Gasteiger partial charge in [0.2, 0.25) is 0 Å². The van der Waals surface area contributed by atoms with E-state index in [0.29, 0.717) is 12.3 Å². The number of benzene rings is 2. The number of ether oxygens (including phenoxy) is 2.